The summed E-state index contributed by atoms with van der Waals surface area (Å²) in [5.41, 5.74) is 2.91. The van der Waals surface area contributed by atoms with Gasteiger partial charge in [0.25, 0.3) is 5.56 Å². The molecule has 184 valence electrons. The number of thiophene rings is 1. The van der Waals surface area contributed by atoms with Crippen molar-refractivity contribution in [3.63, 3.8) is 0 Å². The van der Waals surface area contributed by atoms with Crippen molar-refractivity contribution < 1.29 is 14.3 Å². The molecule has 8 heteroatoms. The maximum atomic E-state index is 12.6. The van der Waals surface area contributed by atoms with Crippen LogP contribution >= 0.6 is 22.9 Å². The molecule has 0 aliphatic heterocycles. The molecule has 1 amide bonds. The van der Waals surface area contributed by atoms with Gasteiger partial charge in [-0.2, -0.15) is 0 Å². The normalized spacial score (nSPS) is 12.6. The van der Waals surface area contributed by atoms with Gasteiger partial charge in [0.05, 0.1) is 11.6 Å². The van der Waals surface area contributed by atoms with E-state index < -0.39 is 5.60 Å². The van der Waals surface area contributed by atoms with Crippen LogP contribution in [0.3, 0.4) is 0 Å². The summed E-state index contributed by atoms with van der Waals surface area (Å²) in [7, 11) is 1.77. The summed E-state index contributed by atoms with van der Waals surface area (Å²) in [6.45, 7) is 7.63. The highest BCUT2D eigenvalue weighted by Gasteiger charge is 2.25. The van der Waals surface area contributed by atoms with Gasteiger partial charge in [-0.3, -0.25) is 4.79 Å². The molecule has 0 aliphatic rings. The summed E-state index contributed by atoms with van der Waals surface area (Å²) < 4.78 is 11.8. The fourth-order valence-corrected chi connectivity index (χ4v) is 5.25. The van der Waals surface area contributed by atoms with Crippen molar-refractivity contribution in [3.8, 4) is 16.9 Å². The molecule has 4 aromatic rings. The lowest BCUT2D eigenvalue weighted by molar-refractivity contribution is 0.0215. The molecule has 0 unspecified atom stereocenters. The lowest BCUT2D eigenvalue weighted by atomic mass is 9.95. The molecule has 2 aromatic heterocycles. The van der Waals surface area contributed by atoms with Crippen molar-refractivity contribution in [1.82, 2.24) is 9.88 Å². The highest BCUT2D eigenvalue weighted by molar-refractivity contribution is 7.17. The predicted octanol–water partition coefficient (Wildman–Crippen LogP) is 7.30. The zero-order chi connectivity index (χ0) is 25.3. The standard InChI is InChI=1S/C27H29ClN2O4S/c1-6-20(30(5)26(32)34-27(2,3)4)17-9-7-16(8-10-17)18-11-12-21(33-15-28)23-22(18)19-13-14-35-24(19)25(31)29-23/h7-14,20H,6,15H2,1-5H3,(H,29,31)/t20-/m0/s1. The lowest BCUT2D eigenvalue weighted by Gasteiger charge is -2.30. The number of benzene rings is 2. The van der Waals surface area contributed by atoms with Gasteiger partial charge in [0, 0.05) is 17.8 Å². The summed E-state index contributed by atoms with van der Waals surface area (Å²) in [6.07, 6.45) is 0.400. The second-order valence-electron chi connectivity index (χ2n) is 9.37. The van der Waals surface area contributed by atoms with Crippen LogP contribution < -0.4 is 10.3 Å². The van der Waals surface area contributed by atoms with Crippen LogP contribution in [-0.2, 0) is 4.74 Å². The SMILES string of the molecule is CC[C@@H](c1ccc(-c2ccc(OCCl)c3[nH]c(=O)c4sccc4c23)cc1)N(C)C(=O)OC(C)(C)C. The molecule has 1 N–H and O–H groups in total. The number of aromatic amines is 1. The zero-order valence-corrected chi connectivity index (χ0v) is 22.0. The highest BCUT2D eigenvalue weighted by atomic mass is 35.5. The van der Waals surface area contributed by atoms with E-state index in [-0.39, 0.29) is 23.8 Å². The number of carbonyl (C=O) groups is 1. The third-order valence-corrected chi connectivity index (χ3v) is 6.92. The maximum Gasteiger partial charge on any atom is 0.410 e. The van der Waals surface area contributed by atoms with Crippen LogP contribution in [0.5, 0.6) is 5.75 Å². The highest BCUT2D eigenvalue weighted by Crippen LogP contribution is 2.38. The number of amides is 1. The number of rotatable bonds is 6. The number of carbonyl (C=O) groups excluding carboxylic acids is 1. The van der Waals surface area contributed by atoms with E-state index in [1.807, 2.05) is 75.5 Å². The Kier molecular flexibility index (Phi) is 7.10. The van der Waals surface area contributed by atoms with E-state index in [4.69, 9.17) is 21.1 Å². The minimum Gasteiger partial charge on any atom is -0.476 e. The van der Waals surface area contributed by atoms with Gasteiger partial charge in [0.15, 0.2) is 6.07 Å². The third-order valence-electron chi connectivity index (χ3n) is 5.90. The molecular weight excluding hydrogens is 484 g/mol. The fourth-order valence-electron chi connectivity index (χ4n) is 4.34. The molecule has 6 nitrogen and oxygen atoms in total. The average molecular weight is 513 g/mol. The second-order valence-corrected chi connectivity index (χ2v) is 10.5. The van der Waals surface area contributed by atoms with Crippen molar-refractivity contribution >= 4 is 50.0 Å². The number of alkyl halides is 1. The number of hydrogen-bond donors (Lipinski definition) is 1. The minimum atomic E-state index is -0.554. The van der Waals surface area contributed by atoms with Crippen LogP contribution in [-0.4, -0.2) is 34.7 Å². The molecule has 0 radical (unpaired) electrons. The first-order chi connectivity index (χ1) is 16.6. The molecule has 35 heavy (non-hydrogen) atoms. The average Bonchev–Trinajstić information content (AvgIpc) is 3.30. The van der Waals surface area contributed by atoms with Gasteiger partial charge in [-0.15, -0.1) is 11.3 Å². The van der Waals surface area contributed by atoms with Crippen LogP contribution in [0.4, 0.5) is 4.79 Å². The van der Waals surface area contributed by atoms with Gasteiger partial charge in [-0.05, 0) is 67.5 Å². The van der Waals surface area contributed by atoms with Crippen LogP contribution in [0.15, 0.2) is 52.6 Å². The Morgan fingerprint density at radius 1 is 1.14 bits per heavy atom. The number of aromatic nitrogens is 1. The van der Waals surface area contributed by atoms with E-state index >= 15 is 0 Å². The Bertz CT molecular complexity index is 1420. The van der Waals surface area contributed by atoms with Crippen LogP contribution in [0.1, 0.15) is 45.7 Å². The largest absolute Gasteiger partial charge is 0.476 e. The molecule has 0 bridgehead atoms. The molecule has 0 saturated carbocycles. The van der Waals surface area contributed by atoms with E-state index in [1.54, 1.807) is 11.9 Å². The Balaban J connectivity index is 1.76. The number of nitrogens with one attached hydrogen (secondary N) is 1. The van der Waals surface area contributed by atoms with Gasteiger partial charge in [-0.1, -0.05) is 42.8 Å². The molecule has 0 aliphatic carbocycles. The van der Waals surface area contributed by atoms with Crippen molar-refractivity contribution in [2.45, 2.75) is 45.8 Å². The summed E-state index contributed by atoms with van der Waals surface area (Å²) in [6, 6.07) is 13.8. The molecule has 4 rings (SSSR count). The summed E-state index contributed by atoms with van der Waals surface area (Å²) in [5, 5.41) is 3.71. The number of nitrogens with zero attached hydrogens (tertiary/aromatic N) is 1. The zero-order valence-electron chi connectivity index (χ0n) is 20.5. The van der Waals surface area contributed by atoms with Gasteiger partial charge in [-0.25, -0.2) is 4.79 Å². The number of hydrogen-bond acceptors (Lipinski definition) is 5. The summed E-state index contributed by atoms with van der Waals surface area (Å²) in [4.78, 5) is 29.9. The first-order valence-electron chi connectivity index (χ1n) is 11.5. The first-order valence-corrected chi connectivity index (χ1v) is 12.9. The summed E-state index contributed by atoms with van der Waals surface area (Å²) >= 11 is 7.24. The Morgan fingerprint density at radius 3 is 2.49 bits per heavy atom. The third kappa shape index (κ3) is 5.02. The first kappa shape index (κ1) is 25.1. The smallest absolute Gasteiger partial charge is 0.410 e. The quantitative estimate of drug-likeness (QED) is 0.275. The van der Waals surface area contributed by atoms with Gasteiger partial charge >= 0.3 is 6.09 Å². The Morgan fingerprint density at radius 2 is 1.86 bits per heavy atom. The monoisotopic (exact) mass is 512 g/mol. The van der Waals surface area contributed by atoms with Gasteiger partial charge in [0.1, 0.15) is 16.1 Å². The Hall–Kier alpha value is -3.03. The molecule has 2 heterocycles. The Labute approximate surface area is 213 Å². The number of pyridine rings is 1. The number of H-pyrrole nitrogens is 1. The van der Waals surface area contributed by atoms with Crippen LogP contribution in [0.2, 0.25) is 0 Å². The molecule has 0 saturated heterocycles. The van der Waals surface area contributed by atoms with E-state index in [1.165, 1.54) is 11.3 Å². The van der Waals surface area contributed by atoms with E-state index in [0.29, 0.717) is 16.0 Å². The predicted molar refractivity (Wildman–Crippen MR) is 144 cm³/mol. The maximum absolute atomic E-state index is 12.6. The van der Waals surface area contributed by atoms with Crippen LogP contribution in [0, 0.1) is 0 Å². The minimum absolute atomic E-state index is 0.0174. The topological polar surface area (TPSA) is 71.6 Å². The number of fused-ring (bicyclic) bond motifs is 3. The second kappa shape index (κ2) is 9.91. The molecule has 2 aromatic carbocycles. The summed E-state index contributed by atoms with van der Waals surface area (Å²) in [5.74, 6) is 0.533. The van der Waals surface area contributed by atoms with Crippen molar-refractivity contribution in [1.29, 1.82) is 0 Å². The van der Waals surface area contributed by atoms with Gasteiger partial charge in [0.2, 0.25) is 0 Å². The lowest BCUT2D eigenvalue weighted by Crippen LogP contribution is -2.36. The molecular formula is C27H29ClN2O4S. The van der Waals surface area contributed by atoms with Gasteiger partial charge < -0.3 is 19.4 Å². The van der Waals surface area contributed by atoms with Crippen molar-refractivity contribution in [2.24, 2.45) is 0 Å². The van der Waals surface area contributed by atoms with E-state index in [0.717, 1.165) is 33.9 Å². The molecule has 1 atom stereocenters. The fraction of sp³-hybridized carbons (Fsp3) is 0.333. The molecule has 0 fully saturated rings. The molecule has 0 spiro atoms. The van der Waals surface area contributed by atoms with Crippen LogP contribution in [0.25, 0.3) is 32.1 Å². The van der Waals surface area contributed by atoms with Crippen molar-refractivity contribution in [3.05, 3.63) is 63.8 Å². The van der Waals surface area contributed by atoms with Crippen molar-refractivity contribution in [2.75, 3.05) is 13.1 Å². The number of ether oxygens (including phenoxy) is 2. The van der Waals surface area contributed by atoms with E-state index in [2.05, 4.69) is 4.98 Å². The van der Waals surface area contributed by atoms with E-state index in [9.17, 15) is 9.59 Å². The number of halogens is 1.